The Bertz CT molecular complexity index is 2980. The molecule has 0 saturated heterocycles. The highest BCUT2D eigenvalue weighted by Crippen LogP contribution is 2.52. The van der Waals surface area contributed by atoms with E-state index in [-0.39, 0.29) is 0 Å². The number of imidazole rings is 1. The van der Waals surface area contributed by atoms with E-state index < -0.39 is 13.7 Å². The monoisotopic (exact) mass is 675 g/mol. The normalized spacial score (nSPS) is 16.0. The topological polar surface area (TPSA) is 25.8 Å². The maximum absolute atomic E-state index is 7.00. The first-order valence-electron chi connectivity index (χ1n) is 17.9. The lowest BCUT2D eigenvalue weighted by atomic mass is 9.88. The highest BCUT2D eigenvalue weighted by molar-refractivity contribution is 6.88. The number of benzene rings is 6. The minimum absolute atomic E-state index is 0.692. The van der Waals surface area contributed by atoms with E-state index in [2.05, 4.69) is 181 Å². The van der Waals surface area contributed by atoms with Crippen LogP contribution in [0.3, 0.4) is 0 Å². The first-order chi connectivity index (χ1) is 24.8. The molecule has 2 aliphatic rings. The Morgan fingerprint density at radius 2 is 1.39 bits per heavy atom. The molecular formula is C46H37N3OSi+2. The predicted molar refractivity (Wildman–Crippen MR) is 210 cm³/mol. The lowest BCUT2D eigenvalue weighted by Gasteiger charge is -2.22. The van der Waals surface area contributed by atoms with Gasteiger partial charge in [-0.15, -0.1) is 9.13 Å². The molecule has 11 rings (SSSR count). The van der Waals surface area contributed by atoms with E-state index in [1.165, 1.54) is 66.2 Å². The van der Waals surface area contributed by atoms with E-state index in [0.717, 1.165) is 33.3 Å². The fraction of sp³-hybridized carbons (Fsp3) is 0.130. The van der Waals surface area contributed by atoms with Crippen molar-refractivity contribution in [3.8, 4) is 28.3 Å². The molecule has 3 aromatic heterocycles. The molecule has 2 aliphatic heterocycles. The molecule has 51 heavy (non-hydrogen) atoms. The zero-order chi connectivity index (χ0) is 34.4. The van der Waals surface area contributed by atoms with Gasteiger partial charge in [-0.05, 0) is 78.2 Å². The van der Waals surface area contributed by atoms with Crippen molar-refractivity contribution < 1.29 is 13.6 Å². The molecule has 5 heterocycles. The molecule has 0 saturated carbocycles. The number of furan rings is 1. The molecule has 1 unspecified atom stereocenters. The van der Waals surface area contributed by atoms with Crippen LogP contribution in [-0.4, -0.2) is 12.6 Å². The van der Waals surface area contributed by atoms with Crippen molar-refractivity contribution in [1.82, 2.24) is 4.57 Å². The summed E-state index contributed by atoms with van der Waals surface area (Å²) in [5.74, 6) is 1.14. The van der Waals surface area contributed by atoms with E-state index in [4.69, 9.17) is 4.42 Å². The van der Waals surface area contributed by atoms with Crippen LogP contribution < -0.4 is 14.3 Å². The van der Waals surface area contributed by atoms with Crippen LogP contribution in [0.2, 0.25) is 19.6 Å². The van der Waals surface area contributed by atoms with E-state index >= 15 is 0 Å². The van der Waals surface area contributed by atoms with Gasteiger partial charge in [0.15, 0.2) is 22.8 Å². The van der Waals surface area contributed by atoms with Gasteiger partial charge in [0.1, 0.15) is 16.8 Å². The average Bonchev–Trinajstić information content (AvgIpc) is 3.84. The van der Waals surface area contributed by atoms with Crippen LogP contribution in [-0.2, 0) is 5.66 Å². The Hall–Kier alpha value is -5.78. The third kappa shape index (κ3) is 3.54. The molecule has 0 amide bonds. The number of hydrogen-bond donors (Lipinski definition) is 0. The van der Waals surface area contributed by atoms with Gasteiger partial charge in [0.05, 0.1) is 24.8 Å². The lowest BCUT2D eigenvalue weighted by Crippen LogP contribution is -2.72. The summed E-state index contributed by atoms with van der Waals surface area (Å²) in [5.41, 5.74) is 13.4. The van der Waals surface area contributed by atoms with Crippen LogP contribution in [0.4, 0.5) is 0 Å². The number of nitrogens with zero attached hydrogens (tertiary/aromatic N) is 3. The zero-order valence-electron chi connectivity index (χ0n) is 29.5. The van der Waals surface area contributed by atoms with Crippen molar-refractivity contribution in [3.05, 3.63) is 156 Å². The summed E-state index contributed by atoms with van der Waals surface area (Å²) in [7, 11) is -1.70. The van der Waals surface area contributed by atoms with Crippen LogP contribution in [0.15, 0.2) is 138 Å². The van der Waals surface area contributed by atoms with Gasteiger partial charge in [-0.3, -0.25) is 0 Å². The second-order valence-electron chi connectivity index (χ2n) is 15.5. The minimum atomic E-state index is -1.70. The number of rotatable bonds is 2. The number of aryl methyl sites for hydroxylation is 2. The van der Waals surface area contributed by atoms with E-state index in [1.54, 1.807) is 0 Å². The molecule has 0 fully saturated rings. The van der Waals surface area contributed by atoms with Gasteiger partial charge in [0.2, 0.25) is 5.69 Å². The molecular weight excluding hydrogens is 639 g/mol. The molecule has 0 bridgehead atoms. The third-order valence-corrected chi connectivity index (χ3v) is 13.7. The fourth-order valence-electron chi connectivity index (χ4n) is 9.34. The lowest BCUT2D eigenvalue weighted by molar-refractivity contribution is -0.944. The van der Waals surface area contributed by atoms with Crippen molar-refractivity contribution in [2.75, 3.05) is 0 Å². The number of hydrogen-bond acceptors (Lipinski definition) is 1. The van der Waals surface area contributed by atoms with Crippen LogP contribution in [0.5, 0.6) is 0 Å². The van der Waals surface area contributed by atoms with Gasteiger partial charge in [0.25, 0.3) is 0 Å². The molecule has 4 nitrogen and oxygen atoms in total. The van der Waals surface area contributed by atoms with E-state index in [0.29, 0.717) is 0 Å². The predicted octanol–water partition coefficient (Wildman–Crippen LogP) is 9.68. The Balaban J connectivity index is 1.45. The summed E-state index contributed by atoms with van der Waals surface area (Å²) in [6, 6.07) is 47.3. The maximum Gasteiger partial charge on any atom is 0.364 e. The van der Waals surface area contributed by atoms with Crippen molar-refractivity contribution in [2.24, 2.45) is 0 Å². The van der Waals surface area contributed by atoms with E-state index in [1.807, 2.05) is 0 Å². The summed E-state index contributed by atoms with van der Waals surface area (Å²) in [6.07, 6.45) is 2.49. The Morgan fingerprint density at radius 3 is 2.20 bits per heavy atom. The molecule has 6 aromatic carbocycles. The molecule has 5 heteroatoms. The van der Waals surface area contributed by atoms with Gasteiger partial charge in [-0.25, -0.2) is 0 Å². The summed E-state index contributed by atoms with van der Waals surface area (Å²) in [4.78, 5) is 0. The Kier molecular flexibility index (Phi) is 5.52. The molecule has 1 atom stereocenters. The van der Waals surface area contributed by atoms with Gasteiger partial charge >= 0.3 is 11.5 Å². The summed E-state index contributed by atoms with van der Waals surface area (Å²) < 4.78 is 14.8. The van der Waals surface area contributed by atoms with Crippen molar-refractivity contribution in [1.29, 1.82) is 0 Å². The number of fused-ring (bicyclic) bond motifs is 17. The highest BCUT2D eigenvalue weighted by Gasteiger charge is 2.67. The van der Waals surface area contributed by atoms with E-state index in [9.17, 15) is 0 Å². The van der Waals surface area contributed by atoms with Crippen molar-refractivity contribution >= 4 is 57.0 Å². The first kappa shape index (κ1) is 29.0. The van der Waals surface area contributed by atoms with Gasteiger partial charge in [-0.2, -0.15) is 4.57 Å². The van der Waals surface area contributed by atoms with Crippen molar-refractivity contribution in [3.63, 3.8) is 0 Å². The van der Waals surface area contributed by atoms with Gasteiger partial charge < -0.3 is 4.42 Å². The largest absolute Gasteiger partial charge is 0.455 e. The quantitative estimate of drug-likeness (QED) is 0.132. The third-order valence-electron chi connectivity index (χ3n) is 11.6. The second kappa shape index (κ2) is 9.71. The van der Waals surface area contributed by atoms with Crippen molar-refractivity contribution in [2.45, 2.75) is 39.2 Å². The van der Waals surface area contributed by atoms with Crippen LogP contribution in [0.25, 0.3) is 72.1 Å². The fourth-order valence-corrected chi connectivity index (χ4v) is 10.4. The molecule has 0 radical (unpaired) electrons. The van der Waals surface area contributed by atoms with Crippen LogP contribution in [0.1, 0.15) is 22.3 Å². The molecule has 0 N–H and O–H groups in total. The maximum atomic E-state index is 7.00. The number of aromatic nitrogens is 3. The summed E-state index contributed by atoms with van der Waals surface area (Å²) in [6.45, 7) is 11.8. The second-order valence-corrected chi connectivity index (χ2v) is 20.6. The van der Waals surface area contributed by atoms with Crippen LogP contribution >= 0.6 is 0 Å². The number of pyridine rings is 1. The molecule has 0 aliphatic carbocycles. The van der Waals surface area contributed by atoms with Gasteiger partial charge in [-0.1, -0.05) is 98.5 Å². The Morgan fingerprint density at radius 1 is 0.667 bits per heavy atom. The first-order valence-corrected chi connectivity index (χ1v) is 21.4. The molecule has 244 valence electrons. The SMILES string of the molecule is Cc1cccc(C)c1-n1c2[n+](c3cc4ccccc4cc31)C1(c3ccccc3-c3ccc([Si](C)(C)C)c[n+]31)c1ccc3c(oc4ccccc43)c1-2. The number of para-hydroxylation sites is 2. The smallest absolute Gasteiger partial charge is 0.364 e. The van der Waals surface area contributed by atoms with Crippen LogP contribution in [0, 0.1) is 13.8 Å². The summed E-state index contributed by atoms with van der Waals surface area (Å²) >= 11 is 0. The zero-order valence-corrected chi connectivity index (χ0v) is 30.5. The van der Waals surface area contributed by atoms with Gasteiger partial charge in [0, 0.05) is 22.0 Å². The molecule has 9 aromatic rings. The average molecular weight is 676 g/mol. The standard InChI is InChI=1S/C46H37N3OSi/c1-28-13-12-14-29(2)43(28)48-39-25-30-15-6-7-16-31(30)26-40(39)49-45(48)42-37(23-22-34-33-17-9-11-20-41(33)50-44(34)42)46(49)36-19-10-8-18-35(36)38-24-21-32(27-47(38)46)51(3,4)5/h6-27H,1-5H3/q+2. The Labute approximate surface area is 297 Å². The molecule has 1 spiro atoms. The highest BCUT2D eigenvalue weighted by atomic mass is 28.3. The minimum Gasteiger partial charge on any atom is -0.455 e. The summed E-state index contributed by atoms with van der Waals surface area (Å²) in [5, 5.41) is 6.17.